The minimum absolute atomic E-state index is 0.0851. The van der Waals surface area contributed by atoms with Gasteiger partial charge in [-0.05, 0) is 18.2 Å². The second-order valence-electron chi connectivity index (χ2n) is 4.36. The Balaban J connectivity index is 2.13. The molecule has 0 saturated carbocycles. The Hall–Kier alpha value is -2.77. The normalized spacial score (nSPS) is 11.6. The van der Waals surface area contributed by atoms with Crippen molar-refractivity contribution in [3.63, 3.8) is 0 Å². The van der Waals surface area contributed by atoms with Crippen LogP contribution in [0, 0.1) is 12.1 Å². The van der Waals surface area contributed by atoms with Crippen LogP contribution in [0.25, 0.3) is 22.6 Å². The molecule has 0 aliphatic carbocycles. The highest BCUT2D eigenvalue weighted by Gasteiger charge is 2.31. The van der Waals surface area contributed by atoms with Gasteiger partial charge in [0.15, 0.2) is 6.33 Å². The van der Waals surface area contributed by atoms with Gasteiger partial charge in [-0.15, -0.1) is 0 Å². The highest BCUT2D eigenvalue weighted by Crippen LogP contribution is 2.34. The van der Waals surface area contributed by atoms with Gasteiger partial charge in [0.1, 0.15) is 11.6 Å². The summed E-state index contributed by atoms with van der Waals surface area (Å²) in [6.07, 6.45) is 2.09. The van der Waals surface area contributed by atoms with Crippen LogP contribution in [0.4, 0.5) is 17.6 Å². The molecule has 0 aliphatic rings. The Morgan fingerprint density at radius 2 is 1.95 bits per heavy atom. The third-order valence-electron chi connectivity index (χ3n) is 2.97. The third-order valence-corrected chi connectivity index (χ3v) is 2.97. The van der Waals surface area contributed by atoms with E-state index in [0.717, 1.165) is 12.1 Å². The molecular weight excluding hydrogens is 300 g/mol. The molecule has 0 saturated heterocycles. The van der Waals surface area contributed by atoms with Gasteiger partial charge in [-0.25, -0.2) is 19.3 Å². The van der Waals surface area contributed by atoms with Crippen LogP contribution < -0.4 is 0 Å². The molecule has 3 aromatic rings. The molecule has 0 fully saturated rings. The number of rotatable bonds is 2. The number of nitrogens with one attached hydrogen (secondary N) is 1. The van der Waals surface area contributed by atoms with Gasteiger partial charge in [0.05, 0.1) is 16.8 Å². The Bertz CT molecular complexity index is 797. The fourth-order valence-corrected chi connectivity index (χ4v) is 1.97. The summed E-state index contributed by atoms with van der Waals surface area (Å²) in [5, 5.41) is 0. The van der Waals surface area contributed by atoms with E-state index in [2.05, 4.69) is 26.3 Å². The molecule has 0 amide bonds. The molecule has 0 spiro atoms. The van der Waals surface area contributed by atoms with E-state index in [1.807, 2.05) is 0 Å². The molecule has 2 heterocycles. The van der Waals surface area contributed by atoms with Crippen molar-refractivity contribution in [1.29, 1.82) is 0 Å². The molecule has 22 heavy (non-hydrogen) atoms. The Morgan fingerprint density at radius 3 is 2.59 bits per heavy atom. The zero-order chi connectivity index (χ0) is 15.7. The van der Waals surface area contributed by atoms with Crippen molar-refractivity contribution in [2.24, 2.45) is 0 Å². The molecule has 0 aliphatic heterocycles. The predicted octanol–water partition coefficient (Wildman–Crippen LogP) is 3.49. The van der Waals surface area contributed by atoms with Crippen molar-refractivity contribution in [2.75, 3.05) is 0 Å². The first-order valence-corrected chi connectivity index (χ1v) is 6.07. The molecule has 4 nitrogen and oxygen atoms in total. The maximum Gasteiger partial charge on any atom is 0.416 e. The van der Waals surface area contributed by atoms with Crippen LogP contribution in [0.2, 0.25) is 0 Å². The molecule has 0 unspecified atom stereocenters. The topological polar surface area (TPSA) is 54.5 Å². The third kappa shape index (κ3) is 2.54. The lowest BCUT2D eigenvalue weighted by atomic mass is 10.0. The molecule has 0 bridgehead atoms. The van der Waals surface area contributed by atoms with Crippen molar-refractivity contribution in [3.8, 4) is 22.6 Å². The molecular formula is C14H7F4N4. The summed E-state index contributed by atoms with van der Waals surface area (Å²) in [6.45, 7) is 0. The first kappa shape index (κ1) is 14.2. The minimum Gasteiger partial charge on any atom is -0.345 e. The van der Waals surface area contributed by atoms with E-state index in [-0.39, 0.29) is 11.3 Å². The van der Waals surface area contributed by atoms with Gasteiger partial charge in [0.2, 0.25) is 0 Å². The first-order valence-electron chi connectivity index (χ1n) is 6.07. The number of benzene rings is 1. The van der Waals surface area contributed by atoms with Gasteiger partial charge in [0, 0.05) is 24.2 Å². The van der Waals surface area contributed by atoms with Gasteiger partial charge < -0.3 is 4.98 Å². The van der Waals surface area contributed by atoms with Crippen molar-refractivity contribution < 1.29 is 17.6 Å². The van der Waals surface area contributed by atoms with Crippen LogP contribution in [-0.4, -0.2) is 19.9 Å². The smallest absolute Gasteiger partial charge is 0.345 e. The molecule has 1 aromatic carbocycles. The standard InChI is InChI=1S/C14H7F4N4/c15-11-5-8(14(16,17)18)1-2-9(11)12-10(6-19-7-22-12)13-20-3-4-21-13/h1-6H,(H,20,21). The van der Waals surface area contributed by atoms with E-state index < -0.39 is 17.6 Å². The van der Waals surface area contributed by atoms with Gasteiger partial charge >= 0.3 is 6.18 Å². The van der Waals surface area contributed by atoms with Crippen LogP contribution in [-0.2, 0) is 6.18 Å². The molecule has 1 radical (unpaired) electrons. The maximum atomic E-state index is 14.1. The number of imidazole rings is 1. The SMILES string of the molecule is Fc1cc(C(F)(F)F)ccc1-c1n[c]ncc1-c1ncc[nH]1. The maximum absolute atomic E-state index is 14.1. The quantitative estimate of drug-likeness (QED) is 0.737. The molecule has 8 heteroatoms. The first-order chi connectivity index (χ1) is 10.5. The Kier molecular flexibility index (Phi) is 3.36. The largest absolute Gasteiger partial charge is 0.416 e. The average molecular weight is 307 g/mol. The summed E-state index contributed by atoms with van der Waals surface area (Å²) in [5.41, 5.74) is -0.678. The van der Waals surface area contributed by atoms with Crippen LogP contribution in [0.1, 0.15) is 5.56 Å². The van der Waals surface area contributed by atoms with E-state index in [0.29, 0.717) is 17.5 Å². The molecule has 1 N–H and O–H groups in total. The highest BCUT2D eigenvalue weighted by atomic mass is 19.4. The molecule has 111 valence electrons. The van der Waals surface area contributed by atoms with Gasteiger partial charge in [-0.2, -0.15) is 13.2 Å². The van der Waals surface area contributed by atoms with Crippen molar-refractivity contribution in [2.45, 2.75) is 6.18 Å². The van der Waals surface area contributed by atoms with E-state index in [9.17, 15) is 17.6 Å². The van der Waals surface area contributed by atoms with E-state index >= 15 is 0 Å². The number of halogens is 4. The Morgan fingerprint density at radius 1 is 1.14 bits per heavy atom. The second-order valence-corrected chi connectivity index (χ2v) is 4.36. The molecule has 0 atom stereocenters. The Labute approximate surface area is 121 Å². The van der Waals surface area contributed by atoms with Gasteiger partial charge in [-0.3, -0.25) is 0 Å². The summed E-state index contributed by atoms with van der Waals surface area (Å²) in [5.74, 6) is -0.655. The van der Waals surface area contributed by atoms with Crippen LogP contribution >= 0.6 is 0 Å². The van der Waals surface area contributed by atoms with Crippen molar-refractivity contribution >= 4 is 0 Å². The lowest BCUT2D eigenvalue weighted by molar-refractivity contribution is -0.137. The van der Waals surface area contributed by atoms with Crippen LogP contribution in [0.15, 0.2) is 36.8 Å². The lowest BCUT2D eigenvalue weighted by Gasteiger charge is -2.10. The van der Waals surface area contributed by atoms with Gasteiger partial charge in [0.25, 0.3) is 0 Å². The van der Waals surface area contributed by atoms with E-state index in [1.54, 1.807) is 6.20 Å². The fraction of sp³-hybridized carbons (Fsp3) is 0.0714. The predicted molar refractivity (Wildman–Crippen MR) is 68.8 cm³/mol. The fourth-order valence-electron chi connectivity index (χ4n) is 1.97. The highest BCUT2D eigenvalue weighted by molar-refractivity contribution is 5.76. The van der Waals surface area contributed by atoms with Crippen LogP contribution in [0.3, 0.4) is 0 Å². The average Bonchev–Trinajstić information content (AvgIpc) is 3.00. The van der Waals surface area contributed by atoms with Gasteiger partial charge in [-0.1, -0.05) is 0 Å². The summed E-state index contributed by atoms with van der Waals surface area (Å²) in [7, 11) is 0. The number of hydrogen-bond acceptors (Lipinski definition) is 3. The zero-order valence-electron chi connectivity index (χ0n) is 10.8. The lowest BCUT2D eigenvalue weighted by Crippen LogP contribution is -2.06. The van der Waals surface area contributed by atoms with E-state index in [1.165, 1.54) is 12.4 Å². The zero-order valence-corrected chi connectivity index (χ0v) is 10.8. The summed E-state index contributed by atoms with van der Waals surface area (Å²) in [4.78, 5) is 14.4. The summed E-state index contributed by atoms with van der Waals surface area (Å²) < 4.78 is 51.9. The van der Waals surface area contributed by atoms with Crippen molar-refractivity contribution in [1.82, 2.24) is 19.9 Å². The number of aromatic nitrogens is 4. The number of alkyl halides is 3. The van der Waals surface area contributed by atoms with Crippen LogP contribution in [0.5, 0.6) is 0 Å². The number of hydrogen-bond donors (Lipinski definition) is 1. The number of aromatic amines is 1. The molecule has 2 aromatic heterocycles. The van der Waals surface area contributed by atoms with Crippen molar-refractivity contribution in [3.05, 3.63) is 54.5 Å². The minimum atomic E-state index is -4.61. The monoisotopic (exact) mass is 307 g/mol. The van der Waals surface area contributed by atoms with E-state index in [4.69, 9.17) is 0 Å². The molecule has 3 rings (SSSR count). The number of H-pyrrole nitrogens is 1. The summed E-state index contributed by atoms with van der Waals surface area (Å²) >= 11 is 0. The second kappa shape index (κ2) is 5.21. The number of nitrogens with zero attached hydrogens (tertiary/aromatic N) is 3. The summed E-state index contributed by atoms with van der Waals surface area (Å²) in [6, 6.07) is 2.26.